The van der Waals surface area contributed by atoms with Gasteiger partial charge in [-0.1, -0.05) is 12.1 Å². The van der Waals surface area contributed by atoms with E-state index >= 15 is 0 Å². The van der Waals surface area contributed by atoms with Crippen LogP contribution in [-0.4, -0.2) is 27.3 Å². The van der Waals surface area contributed by atoms with Gasteiger partial charge in [-0.3, -0.25) is 15.5 Å². The third kappa shape index (κ3) is 4.10. The lowest BCUT2D eigenvalue weighted by Gasteiger charge is -2.03. The first-order valence-electron chi connectivity index (χ1n) is 7.64. The van der Waals surface area contributed by atoms with Crippen molar-refractivity contribution in [3.05, 3.63) is 76.0 Å². The molecule has 0 radical (unpaired) electrons. The Labute approximate surface area is 152 Å². The second-order valence-electron chi connectivity index (χ2n) is 5.42. The fourth-order valence-electron chi connectivity index (χ4n) is 2.30. The van der Waals surface area contributed by atoms with Crippen LogP contribution in [0.2, 0.25) is 0 Å². The predicted molar refractivity (Wildman–Crippen MR) is 97.1 cm³/mol. The minimum Gasteiger partial charge on any atom is -0.507 e. The fraction of sp³-hybridized carbons (Fsp3) is 0. The van der Waals surface area contributed by atoms with Gasteiger partial charge < -0.3 is 14.6 Å². The fourth-order valence-corrected chi connectivity index (χ4v) is 2.30. The molecule has 0 spiro atoms. The molecule has 0 fully saturated rings. The molecule has 0 saturated heterocycles. The topological polar surface area (TPSA) is 138 Å². The van der Waals surface area contributed by atoms with Crippen molar-refractivity contribution in [2.45, 2.75) is 0 Å². The minimum atomic E-state index is -1.26. The molecule has 0 atom stereocenters. The zero-order valence-corrected chi connectivity index (χ0v) is 13.7. The zero-order valence-electron chi connectivity index (χ0n) is 13.7. The molecule has 0 saturated carbocycles. The summed E-state index contributed by atoms with van der Waals surface area (Å²) in [7, 11) is 0. The molecule has 0 amide bonds. The number of nitro benzene ring substituents is 1. The van der Waals surface area contributed by atoms with Crippen molar-refractivity contribution in [3.8, 4) is 17.1 Å². The van der Waals surface area contributed by atoms with E-state index in [2.05, 4.69) is 10.5 Å². The number of carboxylic acid groups (broad SMARTS) is 1. The maximum Gasteiger partial charge on any atom is 0.339 e. The number of carboxylic acids is 1. The monoisotopic (exact) mass is 367 g/mol. The number of aromatic hydroxyl groups is 1. The van der Waals surface area contributed by atoms with Crippen LogP contribution < -0.4 is 5.43 Å². The number of rotatable bonds is 6. The molecule has 1 heterocycles. The molecule has 3 rings (SSSR count). The van der Waals surface area contributed by atoms with Crippen molar-refractivity contribution in [2.24, 2.45) is 5.10 Å². The highest BCUT2D eigenvalue weighted by atomic mass is 16.6. The minimum absolute atomic E-state index is 0.0395. The van der Waals surface area contributed by atoms with Crippen molar-refractivity contribution < 1.29 is 24.3 Å². The molecule has 1 aromatic heterocycles. The number of hydrogen-bond donors (Lipinski definition) is 3. The van der Waals surface area contributed by atoms with E-state index in [-0.39, 0.29) is 17.0 Å². The Morgan fingerprint density at radius 3 is 2.74 bits per heavy atom. The maximum absolute atomic E-state index is 11.0. The van der Waals surface area contributed by atoms with Gasteiger partial charge in [0.1, 0.15) is 22.8 Å². The molecule has 0 bridgehead atoms. The molecule has 0 unspecified atom stereocenters. The van der Waals surface area contributed by atoms with Gasteiger partial charge >= 0.3 is 5.97 Å². The first-order chi connectivity index (χ1) is 12.9. The lowest BCUT2D eigenvalue weighted by atomic mass is 10.1. The van der Waals surface area contributed by atoms with E-state index in [1.54, 1.807) is 24.3 Å². The van der Waals surface area contributed by atoms with Crippen molar-refractivity contribution in [1.82, 2.24) is 0 Å². The van der Waals surface area contributed by atoms with Crippen LogP contribution >= 0.6 is 0 Å². The number of benzene rings is 2. The molecular weight excluding hydrogens is 354 g/mol. The first-order valence-corrected chi connectivity index (χ1v) is 7.64. The van der Waals surface area contributed by atoms with Gasteiger partial charge in [0.15, 0.2) is 0 Å². The standard InChI is InChI=1S/C18H13N3O6/c22-16-6-4-12(9-15(16)18(23)24)20-19-10-14-5-7-17(27-14)11-2-1-3-13(8-11)21(25)26/h1-10,20,22H,(H,23,24). The van der Waals surface area contributed by atoms with Gasteiger partial charge in [0, 0.05) is 17.7 Å². The Balaban J connectivity index is 1.73. The van der Waals surface area contributed by atoms with Crippen molar-refractivity contribution in [3.63, 3.8) is 0 Å². The maximum atomic E-state index is 11.0. The van der Waals surface area contributed by atoms with E-state index < -0.39 is 10.9 Å². The van der Waals surface area contributed by atoms with E-state index in [1.807, 2.05) is 0 Å². The first kappa shape index (κ1) is 17.7. The number of nitrogens with one attached hydrogen (secondary N) is 1. The molecule has 0 aliphatic heterocycles. The van der Waals surface area contributed by atoms with E-state index in [9.17, 15) is 20.0 Å². The number of furan rings is 1. The normalized spacial score (nSPS) is 10.8. The van der Waals surface area contributed by atoms with Gasteiger partial charge in [-0.2, -0.15) is 5.10 Å². The summed E-state index contributed by atoms with van der Waals surface area (Å²) >= 11 is 0. The van der Waals surface area contributed by atoms with E-state index in [0.717, 1.165) is 0 Å². The van der Waals surface area contributed by atoms with Crippen LogP contribution in [0.15, 0.2) is 64.1 Å². The summed E-state index contributed by atoms with van der Waals surface area (Å²) in [5, 5.41) is 33.2. The predicted octanol–water partition coefficient (Wildman–Crippen LogP) is 3.70. The zero-order chi connectivity index (χ0) is 19.4. The quantitative estimate of drug-likeness (QED) is 0.261. The highest BCUT2D eigenvalue weighted by Gasteiger charge is 2.11. The summed E-state index contributed by atoms with van der Waals surface area (Å²) in [6.07, 6.45) is 1.37. The number of nitrogens with zero attached hydrogens (tertiary/aromatic N) is 2. The number of phenols is 1. The Kier molecular flexibility index (Phi) is 4.84. The Hall–Kier alpha value is -4.14. The summed E-state index contributed by atoms with van der Waals surface area (Å²) in [5.74, 6) is -0.767. The second kappa shape index (κ2) is 7.40. The third-order valence-corrected chi connectivity index (χ3v) is 3.58. The smallest absolute Gasteiger partial charge is 0.339 e. The van der Waals surface area contributed by atoms with Gasteiger partial charge in [0.25, 0.3) is 5.69 Å². The van der Waals surface area contributed by atoms with Crippen LogP contribution in [0.1, 0.15) is 16.1 Å². The molecule has 2 aromatic carbocycles. The second-order valence-corrected chi connectivity index (χ2v) is 5.42. The number of aromatic carboxylic acids is 1. The highest BCUT2D eigenvalue weighted by Crippen LogP contribution is 2.25. The number of hydrogen-bond acceptors (Lipinski definition) is 7. The number of non-ortho nitro benzene ring substituents is 1. The molecular formula is C18H13N3O6. The van der Waals surface area contributed by atoms with E-state index in [4.69, 9.17) is 9.52 Å². The van der Waals surface area contributed by atoms with Crippen molar-refractivity contribution in [1.29, 1.82) is 0 Å². The number of anilines is 1. The summed E-state index contributed by atoms with van der Waals surface area (Å²) < 4.78 is 5.58. The SMILES string of the molecule is O=C(O)c1cc(NN=Cc2ccc(-c3cccc([N+](=O)[O-])c3)o2)ccc1O. The lowest BCUT2D eigenvalue weighted by molar-refractivity contribution is -0.384. The molecule has 0 aliphatic rings. The summed E-state index contributed by atoms with van der Waals surface area (Å²) in [6, 6.07) is 13.3. The van der Waals surface area contributed by atoms with Gasteiger partial charge in [-0.05, 0) is 30.3 Å². The summed E-state index contributed by atoms with van der Waals surface area (Å²) in [5.41, 5.74) is 3.27. The summed E-state index contributed by atoms with van der Waals surface area (Å²) in [6.45, 7) is 0. The highest BCUT2D eigenvalue weighted by molar-refractivity contribution is 5.92. The van der Waals surface area contributed by atoms with Crippen LogP contribution in [0.25, 0.3) is 11.3 Å². The lowest BCUT2D eigenvalue weighted by Crippen LogP contribution is -1.98. The number of carbonyl (C=O) groups is 1. The van der Waals surface area contributed by atoms with Gasteiger partial charge in [0.2, 0.25) is 0 Å². The van der Waals surface area contributed by atoms with Crippen LogP contribution in [-0.2, 0) is 0 Å². The van der Waals surface area contributed by atoms with Crippen LogP contribution in [0.5, 0.6) is 5.75 Å². The molecule has 27 heavy (non-hydrogen) atoms. The van der Waals surface area contributed by atoms with Gasteiger partial charge in [-0.25, -0.2) is 4.79 Å². The average molecular weight is 367 g/mol. The van der Waals surface area contributed by atoms with E-state index in [0.29, 0.717) is 22.8 Å². The van der Waals surface area contributed by atoms with Gasteiger partial charge in [0.05, 0.1) is 16.8 Å². The largest absolute Gasteiger partial charge is 0.507 e. The van der Waals surface area contributed by atoms with Crippen LogP contribution in [0.3, 0.4) is 0 Å². The molecule has 9 nitrogen and oxygen atoms in total. The third-order valence-electron chi connectivity index (χ3n) is 3.58. The number of hydrazone groups is 1. The Morgan fingerprint density at radius 2 is 2.00 bits per heavy atom. The van der Waals surface area contributed by atoms with Crippen molar-refractivity contribution in [2.75, 3.05) is 5.43 Å². The van der Waals surface area contributed by atoms with Crippen LogP contribution in [0.4, 0.5) is 11.4 Å². The Bertz CT molecular complexity index is 1040. The molecule has 3 N–H and O–H groups in total. The molecule has 9 heteroatoms. The van der Waals surface area contributed by atoms with E-state index in [1.165, 1.54) is 36.5 Å². The van der Waals surface area contributed by atoms with Crippen molar-refractivity contribution >= 4 is 23.6 Å². The Morgan fingerprint density at radius 1 is 1.19 bits per heavy atom. The van der Waals surface area contributed by atoms with Crippen LogP contribution in [0, 0.1) is 10.1 Å². The molecule has 136 valence electrons. The number of nitro groups is 1. The average Bonchev–Trinajstić information content (AvgIpc) is 3.12. The molecule has 0 aliphatic carbocycles. The van der Waals surface area contributed by atoms with Gasteiger partial charge in [-0.15, -0.1) is 0 Å². The summed E-state index contributed by atoms with van der Waals surface area (Å²) in [4.78, 5) is 21.4. The molecule has 3 aromatic rings.